The number of nitrogens with one attached hydrogen (secondary N) is 2. The van der Waals surface area contributed by atoms with Crippen molar-refractivity contribution in [2.45, 2.75) is 19.8 Å². The molecule has 1 heterocycles. The Hall–Kier alpha value is -1.75. The monoisotopic (exact) mass is 278 g/mol. The summed E-state index contributed by atoms with van der Waals surface area (Å²) in [4.78, 5) is 11.1. The highest BCUT2D eigenvalue weighted by Crippen LogP contribution is 2.28. The summed E-state index contributed by atoms with van der Waals surface area (Å²) >= 11 is 0. The first-order valence-corrected chi connectivity index (χ1v) is 6.96. The molecule has 110 valence electrons. The Balaban J connectivity index is 2.01. The van der Waals surface area contributed by atoms with Crippen LogP contribution in [0.4, 0.5) is 11.4 Å². The number of hydrogen-bond donors (Lipinski definition) is 2. The second-order valence-electron chi connectivity index (χ2n) is 5.03. The first kappa shape index (κ1) is 14.7. The SMILES string of the molecule is COc1ccc(NC(C)=O)cc1NCC1CCOCC1. The van der Waals surface area contributed by atoms with Crippen LogP contribution in [0.1, 0.15) is 19.8 Å². The number of carbonyl (C=O) groups excluding carboxylic acids is 1. The largest absolute Gasteiger partial charge is 0.495 e. The molecule has 0 aromatic heterocycles. The predicted molar refractivity (Wildman–Crippen MR) is 79.3 cm³/mol. The second-order valence-corrected chi connectivity index (χ2v) is 5.03. The summed E-state index contributed by atoms with van der Waals surface area (Å²) in [6.45, 7) is 4.08. The molecule has 0 aliphatic carbocycles. The number of carbonyl (C=O) groups is 1. The van der Waals surface area contributed by atoms with Crippen LogP contribution >= 0.6 is 0 Å². The summed E-state index contributed by atoms with van der Waals surface area (Å²) < 4.78 is 10.7. The minimum absolute atomic E-state index is 0.0782. The molecule has 5 heteroatoms. The van der Waals surface area contributed by atoms with Crippen molar-refractivity contribution in [3.63, 3.8) is 0 Å². The van der Waals surface area contributed by atoms with Gasteiger partial charge in [0.25, 0.3) is 0 Å². The van der Waals surface area contributed by atoms with Gasteiger partial charge >= 0.3 is 0 Å². The average molecular weight is 278 g/mol. The zero-order chi connectivity index (χ0) is 14.4. The number of hydrogen-bond acceptors (Lipinski definition) is 4. The Bertz CT molecular complexity index is 456. The molecule has 1 saturated heterocycles. The van der Waals surface area contributed by atoms with E-state index in [1.807, 2.05) is 18.2 Å². The summed E-state index contributed by atoms with van der Waals surface area (Å²) in [5.74, 6) is 1.33. The fourth-order valence-electron chi connectivity index (χ4n) is 2.33. The van der Waals surface area contributed by atoms with E-state index in [0.717, 1.165) is 49.7 Å². The van der Waals surface area contributed by atoms with Gasteiger partial charge in [0.1, 0.15) is 5.75 Å². The lowest BCUT2D eigenvalue weighted by Gasteiger charge is -2.23. The molecule has 0 saturated carbocycles. The van der Waals surface area contributed by atoms with Crippen LogP contribution in [0.3, 0.4) is 0 Å². The van der Waals surface area contributed by atoms with Crippen molar-refractivity contribution >= 4 is 17.3 Å². The molecule has 1 aromatic carbocycles. The summed E-state index contributed by atoms with van der Waals surface area (Å²) in [6, 6.07) is 5.59. The smallest absolute Gasteiger partial charge is 0.221 e. The van der Waals surface area contributed by atoms with Crippen LogP contribution in [0.5, 0.6) is 5.75 Å². The molecular weight excluding hydrogens is 256 g/mol. The van der Waals surface area contributed by atoms with Gasteiger partial charge in [0.2, 0.25) is 5.91 Å². The van der Waals surface area contributed by atoms with Gasteiger partial charge in [-0.2, -0.15) is 0 Å². The third kappa shape index (κ3) is 4.13. The van der Waals surface area contributed by atoms with Crippen LogP contribution in [-0.4, -0.2) is 32.8 Å². The number of rotatable bonds is 5. The van der Waals surface area contributed by atoms with Crippen LogP contribution in [0.15, 0.2) is 18.2 Å². The molecule has 20 heavy (non-hydrogen) atoms. The number of methoxy groups -OCH3 is 1. The van der Waals surface area contributed by atoms with Gasteiger partial charge in [-0.25, -0.2) is 0 Å². The number of benzene rings is 1. The zero-order valence-corrected chi connectivity index (χ0v) is 12.1. The number of ether oxygens (including phenoxy) is 2. The molecule has 0 radical (unpaired) electrons. The quantitative estimate of drug-likeness (QED) is 0.868. The molecular formula is C15H22N2O3. The maximum Gasteiger partial charge on any atom is 0.221 e. The molecule has 1 amide bonds. The molecule has 2 rings (SSSR count). The standard InChI is InChI=1S/C15H22N2O3/c1-11(18)17-13-3-4-15(19-2)14(9-13)16-10-12-5-7-20-8-6-12/h3-4,9,12,16H,5-8,10H2,1-2H3,(H,17,18). The van der Waals surface area contributed by atoms with E-state index >= 15 is 0 Å². The van der Waals surface area contributed by atoms with Gasteiger partial charge in [-0.1, -0.05) is 0 Å². The van der Waals surface area contributed by atoms with Gasteiger partial charge in [0, 0.05) is 32.4 Å². The summed E-state index contributed by atoms with van der Waals surface area (Å²) in [5, 5.41) is 6.20. The van der Waals surface area contributed by atoms with Gasteiger partial charge in [-0.15, -0.1) is 0 Å². The molecule has 0 unspecified atom stereocenters. The van der Waals surface area contributed by atoms with Gasteiger partial charge in [0.05, 0.1) is 12.8 Å². The second kappa shape index (κ2) is 7.14. The van der Waals surface area contributed by atoms with E-state index in [4.69, 9.17) is 9.47 Å². The molecule has 1 aliphatic rings. The van der Waals surface area contributed by atoms with Crippen molar-refractivity contribution in [1.29, 1.82) is 0 Å². The van der Waals surface area contributed by atoms with Crippen molar-refractivity contribution in [2.75, 3.05) is 37.5 Å². The predicted octanol–water partition coefficient (Wildman–Crippen LogP) is 2.49. The Kier molecular flexibility index (Phi) is 5.24. The van der Waals surface area contributed by atoms with Crippen LogP contribution in [0.2, 0.25) is 0 Å². The fraction of sp³-hybridized carbons (Fsp3) is 0.533. The average Bonchev–Trinajstić information content (AvgIpc) is 2.46. The lowest BCUT2D eigenvalue weighted by atomic mass is 10.0. The molecule has 1 aromatic rings. The maximum atomic E-state index is 11.1. The van der Waals surface area contributed by atoms with E-state index in [2.05, 4.69) is 10.6 Å². The Labute approximate surface area is 119 Å². The minimum Gasteiger partial charge on any atom is -0.495 e. The highest BCUT2D eigenvalue weighted by molar-refractivity contribution is 5.89. The van der Waals surface area contributed by atoms with Crippen LogP contribution < -0.4 is 15.4 Å². The highest BCUT2D eigenvalue weighted by atomic mass is 16.5. The third-order valence-electron chi connectivity index (χ3n) is 3.44. The summed E-state index contributed by atoms with van der Waals surface area (Å²) in [5.41, 5.74) is 1.68. The van der Waals surface area contributed by atoms with Crippen LogP contribution in [-0.2, 0) is 9.53 Å². The third-order valence-corrected chi connectivity index (χ3v) is 3.44. The first-order chi connectivity index (χ1) is 9.69. The van der Waals surface area contributed by atoms with Gasteiger partial charge in [-0.05, 0) is 37.0 Å². The normalized spacial score (nSPS) is 15.7. The van der Waals surface area contributed by atoms with Crippen molar-refractivity contribution in [3.8, 4) is 5.75 Å². The Morgan fingerprint density at radius 1 is 1.40 bits per heavy atom. The van der Waals surface area contributed by atoms with E-state index in [9.17, 15) is 4.79 Å². The lowest BCUT2D eigenvalue weighted by molar-refractivity contribution is -0.114. The maximum absolute atomic E-state index is 11.1. The van der Waals surface area contributed by atoms with E-state index in [1.165, 1.54) is 6.92 Å². The molecule has 1 aliphatic heterocycles. The number of anilines is 2. The number of amides is 1. The van der Waals surface area contributed by atoms with E-state index in [1.54, 1.807) is 7.11 Å². The molecule has 0 spiro atoms. The topological polar surface area (TPSA) is 59.6 Å². The lowest BCUT2D eigenvalue weighted by Crippen LogP contribution is -2.22. The Morgan fingerprint density at radius 3 is 2.80 bits per heavy atom. The summed E-state index contributed by atoms with van der Waals surface area (Å²) in [6.07, 6.45) is 2.17. The summed E-state index contributed by atoms with van der Waals surface area (Å²) in [7, 11) is 1.65. The van der Waals surface area contributed by atoms with E-state index < -0.39 is 0 Å². The van der Waals surface area contributed by atoms with Gasteiger partial charge in [0.15, 0.2) is 0 Å². The zero-order valence-electron chi connectivity index (χ0n) is 12.1. The Morgan fingerprint density at radius 2 is 2.15 bits per heavy atom. The van der Waals surface area contributed by atoms with Crippen LogP contribution in [0, 0.1) is 5.92 Å². The molecule has 5 nitrogen and oxygen atoms in total. The minimum atomic E-state index is -0.0782. The van der Waals surface area contributed by atoms with Crippen molar-refractivity contribution < 1.29 is 14.3 Å². The van der Waals surface area contributed by atoms with Crippen LogP contribution in [0.25, 0.3) is 0 Å². The fourth-order valence-corrected chi connectivity index (χ4v) is 2.33. The highest BCUT2D eigenvalue weighted by Gasteiger charge is 2.14. The molecule has 1 fully saturated rings. The van der Waals surface area contributed by atoms with Gasteiger partial charge < -0.3 is 20.1 Å². The van der Waals surface area contributed by atoms with Crippen molar-refractivity contribution in [3.05, 3.63) is 18.2 Å². The van der Waals surface area contributed by atoms with E-state index in [0.29, 0.717) is 5.92 Å². The molecule has 0 atom stereocenters. The molecule has 0 bridgehead atoms. The van der Waals surface area contributed by atoms with E-state index in [-0.39, 0.29) is 5.91 Å². The van der Waals surface area contributed by atoms with Crippen molar-refractivity contribution in [2.24, 2.45) is 5.92 Å². The first-order valence-electron chi connectivity index (χ1n) is 6.96. The van der Waals surface area contributed by atoms with Gasteiger partial charge in [-0.3, -0.25) is 4.79 Å². The van der Waals surface area contributed by atoms with Crippen molar-refractivity contribution in [1.82, 2.24) is 0 Å². The molecule has 2 N–H and O–H groups in total.